The molecule has 2 N–H and O–H groups in total. The Morgan fingerprint density at radius 3 is 2.80 bits per heavy atom. The molecule has 2 heterocycles. The van der Waals surface area contributed by atoms with Gasteiger partial charge in [0.05, 0.1) is 12.1 Å². The maximum absolute atomic E-state index is 12.1. The number of ether oxygens (including phenoxy) is 1. The van der Waals surface area contributed by atoms with Gasteiger partial charge in [-0.15, -0.1) is 0 Å². The van der Waals surface area contributed by atoms with Crippen LogP contribution in [0.5, 0.6) is 5.75 Å². The second-order valence-electron chi connectivity index (χ2n) is 4.91. The number of rotatable bonds is 4. The van der Waals surface area contributed by atoms with E-state index >= 15 is 0 Å². The molecule has 1 aliphatic rings. The molecule has 1 fully saturated rings. The number of aromatic nitrogens is 1. The van der Waals surface area contributed by atoms with Crippen molar-refractivity contribution >= 4 is 11.7 Å². The Hall–Kier alpha value is -1.92. The number of nitrogens with zero attached hydrogens (tertiary/aromatic N) is 2. The molecule has 1 aromatic heterocycles. The molecule has 1 amide bonds. The van der Waals surface area contributed by atoms with Crippen LogP contribution in [0.4, 0.5) is 14.6 Å². The number of piperidine rings is 1. The molecule has 1 aliphatic heterocycles. The molecule has 0 aromatic carbocycles. The molecule has 5 nitrogen and oxygen atoms in total. The van der Waals surface area contributed by atoms with E-state index in [1.807, 2.05) is 11.8 Å². The Morgan fingerprint density at radius 2 is 2.25 bits per heavy atom. The number of carbonyl (C=O) groups is 1. The number of alkyl halides is 2. The lowest BCUT2D eigenvalue weighted by molar-refractivity contribution is -0.122. The number of carbonyl (C=O) groups excluding carboxylic acids is 1. The fraction of sp³-hybridized carbons (Fsp3) is 0.538. The number of anilines is 1. The summed E-state index contributed by atoms with van der Waals surface area (Å²) in [5.74, 6) is 0.120. The molecular formula is C13H17F2N3O2. The third kappa shape index (κ3) is 3.34. The number of amides is 1. The van der Waals surface area contributed by atoms with Crippen molar-refractivity contribution in [2.24, 2.45) is 11.7 Å². The van der Waals surface area contributed by atoms with Gasteiger partial charge in [-0.05, 0) is 31.9 Å². The third-order valence-electron chi connectivity index (χ3n) is 3.52. The Labute approximate surface area is 115 Å². The summed E-state index contributed by atoms with van der Waals surface area (Å²) in [6.07, 6.45) is 2.85. The number of halogens is 2. The van der Waals surface area contributed by atoms with E-state index in [0.29, 0.717) is 12.4 Å². The smallest absolute Gasteiger partial charge is 0.387 e. The van der Waals surface area contributed by atoms with Gasteiger partial charge >= 0.3 is 6.61 Å². The molecule has 7 heteroatoms. The van der Waals surface area contributed by atoms with Crippen LogP contribution in [-0.4, -0.2) is 30.1 Å². The molecule has 0 spiro atoms. The van der Waals surface area contributed by atoms with Gasteiger partial charge in [0, 0.05) is 12.6 Å². The molecular weight excluding hydrogens is 268 g/mol. The van der Waals surface area contributed by atoms with Crippen LogP contribution >= 0.6 is 0 Å². The van der Waals surface area contributed by atoms with E-state index in [-0.39, 0.29) is 23.6 Å². The first-order valence-corrected chi connectivity index (χ1v) is 6.44. The normalized spacial score (nSPS) is 22.9. The van der Waals surface area contributed by atoms with Gasteiger partial charge in [-0.25, -0.2) is 4.98 Å². The van der Waals surface area contributed by atoms with Crippen molar-refractivity contribution in [3.8, 4) is 5.75 Å². The molecule has 0 saturated carbocycles. The largest absolute Gasteiger partial charge is 0.433 e. The molecule has 0 bridgehead atoms. The SMILES string of the molecule is C[C@@H]1CC[C@H](C(N)=O)CN1c1ccc(OC(F)F)cn1. The van der Waals surface area contributed by atoms with Crippen LogP contribution < -0.4 is 15.4 Å². The third-order valence-corrected chi connectivity index (χ3v) is 3.52. The van der Waals surface area contributed by atoms with Gasteiger partial charge in [0.15, 0.2) is 0 Å². The van der Waals surface area contributed by atoms with E-state index < -0.39 is 6.61 Å². The van der Waals surface area contributed by atoms with Gasteiger partial charge in [0.1, 0.15) is 11.6 Å². The molecule has 2 atom stereocenters. The molecule has 0 radical (unpaired) electrons. The van der Waals surface area contributed by atoms with Gasteiger partial charge < -0.3 is 15.4 Å². The lowest BCUT2D eigenvalue weighted by atomic mass is 9.93. The summed E-state index contributed by atoms with van der Waals surface area (Å²) in [6.45, 7) is -0.336. The van der Waals surface area contributed by atoms with Gasteiger partial charge in [-0.2, -0.15) is 8.78 Å². The van der Waals surface area contributed by atoms with Crippen LogP contribution in [0.25, 0.3) is 0 Å². The first-order valence-electron chi connectivity index (χ1n) is 6.44. The maximum atomic E-state index is 12.1. The first-order chi connectivity index (χ1) is 9.47. The fourth-order valence-electron chi connectivity index (χ4n) is 2.37. The number of pyridine rings is 1. The van der Waals surface area contributed by atoms with E-state index in [9.17, 15) is 13.6 Å². The maximum Gasteiger partial charge on any atom is 0.387 e. The summed E-state index contributed by atoms with van der Waals surface area (Å²) < 4.78 is 28.4. The lowest BCUT2D eigenvalue weighted by Gasteiger charge is -2.37. The van der Waals surface area contributed by atoms with Crippen molar-refractivity contribution in [2.75, 3.05) is 11.4 Å². The first kappa shape index (κ1) is 14.5. The van der Waals surface area contributed by atoms with Crippen LogP contribution in [-0.2, 0) is 4.79 Å². The zero-order chi connectivity index (χ0) is 14.7. The molecule has 110 valence electrons. The molecule has 20 heavy (non-hydrogen) atoms. The van der Waals surface area contributed by atoms with Crippen molar-refractivity contribution in [1.82, 2.24) is 4.98 Å². The van der Waals surface area contributed by atoms with Gasteiger partial charge in [0.2, 0.25) is 5.91 Å². The predicted molar refractivity (Wildman–Crippen MR) is 69.6 cm³/mol. The predicted octanol–water partition coefficient (Wildman–Crippen LogP) is 1.77. The highest BCUT2D eigenvalue weighted by Gasteiger charge is 2.29. The quantitative estimate of drug-likeness (QED) is 0.915. The molecule has 1 saturated heterocycles. The Morgan fingerprint density at radius 1 is 1.50 bits per heavy atom. The van der Waals surface area contributed by atoms with Crippen molar-refractivity contribution in [1.29, 1.82) is 0 Å². The number of nitrogens with two attached hydrogens (primary N) is 1. The van der Waals surface area contributed by atoms with Crippen molar-refractivity contribution < 1.29 is 18.3 Å². The standard InChI is InChI=1S/C13H17F2N3O2/c1-8-2-3-9(12(16)19)7-18(8)11-5-4-10(6-17-11)20-13(14)15/h4-6,8-9,13H,2-3,7H2,1H3,(H2,16,19)/t8-,9+/m1/s1. The topological polar surface area (TPSA) is 68.5 Å². The summed E-state index contributed by atoms with van der Waals surface area (Å²) in [6, 6.07) is 3.27. The summed E-state index contributed by atoms with van der Waals surface area (Å²) >= 11 is 0. The van der Waals surface area contributed by atoms with Crippen molar-refractivity contribution in [2.45, 2.75) is 32.4 Å². The van der Waals surface area contributed by atoms with Crippen LogP contribution in [0, 0.1) is 5.92 Å². The lowest BCUT2D eigenvalue weighted by Crippen LogP contribution is -2.46. The van der Waals surface area contributed by atoms with Crippen LogP contribution in [0.2, 0.25) is 0 Å². The van der Waals surface area contributed by atoms with E-state index in [0.717, 1.165) is 12.8 Å². The average Bonchev–Trinajstić information content (AvgIpc) is 2.39. The monoisotopic (exact) mass is 285 g/mol. The molecule has 2 rings (SSSR count). The van der Waals surface area contributed by atoms with E-state index in [1.165, 1.54) is 12.3 Å². The second kappa shape index (κ2) is 6.02. The van der Waals surface area contributed by atoms with E-state index in [2.05, 4.69) is 9.72 Å². The molecule has 0 unspecified atom stereocenters. The summed E-state index contributed by atoms with van der Waals surface area (Å²) in [5.41, 5.74) is 5.34. The van der Waals surface area contributed by atoms with Crippen molar-refractivity contribution in [3.05, 3.63) is 18.3 Å². The van der Waals surface area contributed by atoms with Crippen LogP contribution in [0.1, 0.15) is 19.8 Å². The van der Waals surface area contributed by atoms with E-state index in [4.69, 9.17) is 5.73 Å². The highest BCUT2D eigenvalue weighted by atomic mass is 19.3. The minimum absolute atomic E-state index is 0.0138. The van der Waals surface area contributed by atoms with E-state index in [1.54, 1.807) is 6.07 Å². The Balaban J connectivity index is 2.10. The number of hydrogen-bond acceptors (Lipinski definition) is 4. The zero-order valence-electron chi connectivity index (χ0n) is 11.1. The highest BCUT2D eigenvalue weighted by molar-refractivity contribution is 5.77. The van der Waals surface area contributed by atoms with Crippen LogP contribution in [0.15, 0.2) is 18.3 Å². The van der Waals surface area contributed by atoms with Gasteiger partial charge in [-0.3, -0.25) is 4.79 Å². The second-order valence-corrected chi connectivity index (χ2v) is 4.91. The summed E-state index contributed by atoms with van der Waals surface area (Å²) in [5, 5.41) is 0. The highest BCUT2D eigenvalue weighted by Crippen LogP contribution is 2.27. The summed E-state index contributed by atoms with van der Waals surface area (Å²) in [7, 11) is 0. The van der Waals surface area contributed by atoms with Gasteiger partial charge in [-0.1, -0.05) is 0 Å². The fourth-order valence-corrected chi connectivity index (χ4v) is 2.37. The molecule has 0 aliphatic carbocycles. The van der Waals surface area contributed by atoms with Crippen molar-refractivity contribution in [3.63, 3.8) is 0 Å². The minimum atomic E-state index is -2.86. The minimum Gasteiger partial charge on any atom is -0.433 e. The Bertz CT molecular complexity index is 467. The summed E-state index contributed by atoms with van der Waals surface area (Å²) in [4.78, 5) is 17.4. The number of primary amides is 1. The number of hydrogen-bond donors (Lipinski definition) is 1. The Kier molecular flexibility index (Phi) is 4.36. The average molecular weight is 285 g/mol. The van der Waals surface area contributed by atoms with Crippen LogP contribution in [0.3, 0.4) is 0 Å². The molecule has 1 aromatic rings. The zero-order valence-corrected chi connectivity index (χ0v) is 11.1. The van der Waals surface area contributed by atoms with Gasteiger partial charge in [0.25, 0.3) is 0 Å².